The summed E-state index contributed by atoms with van der Waals surface area (Å²) in [5.41, 5.74) is -0.807. The van der Waals surface area contributed by atoms with Crippen LogP contribution in [0.5, 0.6) is 0 Å². The van der Waals surface area contributed by atoms with Crippen molar-refractivity contribution in [2.24, 2.45) is 0 Å². The molecular formula is C14H26N2O3. The Labute approximate surface area is 115 Å². The zero-order valence-electron chi connectivity index (χ0n) is 12.2. The zero-order valence-corrected chi connectivity index (χ0v) is 12.2. The summed E-state index contributed by atoms with van der Waals surface area (Å²) in [4.78, 5) is 13.7. The fourth-order valence-corrected chi connectivity index (χ4v) is 2.78. The molecule has 1 saturated carbocycles. The first-order chi connectivity index (χ1) is 8.92. The van der Waals surface area contributed by atoms with Gasteiger partial charge in [0.1, 0.15) is 5.54 Å². The van der Waals surface area contributed by atoms with E-state index in [2.05, 4.69) is 24.2 Å². The average molecular weight is 270 g/mol. The van der Waals surface area contributed by atoms with Crippen LogP contribution in [0.2, 0.25) is 0 Å². The molecule has 2 N–H and O–H groups in total. The van der Waals surface area contributed by atoms with Crippen LogP contribution in [0.1, 0.15) is 39.5 Å². The van der Waals surface area contributed by atoms with Crippen LogP contribution in [0.3, 0.4) is 0 Å². The average Bonchev–Trinajstić information content (AvgIpc) is 3.05. The third kappa shape index (κ3) is 3.68. The Morgan fingerprint density at radius 2 is 2.16 bits per heavy atom. The van der Waals surface area contributed by atoms with Gasteiger partial charge in [-0.1, -0.05) is 0 Å². The topological polar surface area (TPSA) is 61.8 Å². The number of carboxylic acid groups (broad SMARTS) is 1. The number of nitrogens with zero attached hydrogens (tertiary/aromatic N) is 1. The molecule has 0 aromatic heterocycles. The van der Waals surface area contributed by atoms with Gasteiger partial charge in [-0.15, -0.1) is 0 Å². The summed E-state index contributed by atoms with van der Waals surface area (Å²) in [6.07, 6.45) is 4.12. The fourth-order valence-electron chi connectivity index (χ4n) is 2.78. The van der Waals surface area contributed by atoms with Crippen molar-refractivity contribution in [1.82, 2.24) is 10.2 Å². The molecule has 2 fully saturated rings. The molecule has 0 bridgehead atoms. The van der Waals surface area contributed by atoms with Crippen molar-refractivity contribution >= 4 is 5.97 Å². The number of carboxylic acids is 1. The van der Waals surface area contributed by atoms with E-state index in [0.29, 0.717) is 18.5 Å². The molecule has 2 aliphatic rings. The number of ether oxygens (including phenoxy) is 1. The lowest BCUT2D eigenvalue weighted by Crippen LogP contribution is -2.53. The molecule has 1 heterocycles. The predicted octanol–water partition coefficient (Wildman–Crippen LogP) is 1.08. The Balaban J connectivity index is 1.85. The number of hydrogen-bond donors (Lipinski definition) is 2. The molecule has 0 aromatic rings. The van der Waals surface area contributed by atoms with E-state index in [1.165, 1.54) is 0 Å². The van der Waals surface area contributed by atoms with E-state index < -0.39 is 11.5 Å². The van der Waals surface area contributed by atoms with Gasteiger partial charge in [-0.25, -0.2) is 0 Å². The summed E-state index contributed by atoms with van der Waals surface area (Å²) < 4.78 is 5.57. The Hall–Kier alpha value is -0.650. The molecule has 0 amide bonds. The van der Waals surface area contributed by atoms with E-state index in [9.17, 15) is 9.90 Å². The van der Waals surface area contributed by atoms with Crippen LogP contribution >= 0.6 is 0 Å². The van der Waals surface area contributed by atoms with Crippen LogP contribution in [-0.4, -0.2) is 59.9 Å². The second-order valence-corrected chi connectivity index (χ2v) is 6.22. The quantitative estimate of drug-likeness (QED) is 0.725. The lowest BCUT2D eigenvalue weighted by atomic mass is 9.96. The van der Waals surface area contributed by atoms with Gasteiger partial charge in [-0.3, -0.25) is 10.1 Å². The normalized spacial score (nSPS) is 30.5. The van der Waals surface area contributed by atoms with Gasteiger partial charge in [-0.2, -0.15) is 0 Å². The van der Waals surface area contributed by atoms with Gasteiger partial charge in [0, 0.05) is 25.2 Å². The molecule has 1 aliphatic carbocycles. The molecule has 3 atom stereocenters. The molecule has 19 heavy (non-hydrogen) atoms. The number of carbonyl (C=O) groups is 1. The smallest absolute Gasteiger partial charge is 0.323 e. The summed E-state index contributed by atoms with van der Waals surface area (Å²) in [5, 5.41) is 12.7. The summed E-state index contributed by atoms with van der Waals surface area (Å²) in [6, 6.07) is 0.819. The maximum atomic E-state index is 11.5. The summed E-state index contributed by atoms with van der Waals surface area (Å²) in [5.74, 6) is -0.747. The van der Waals surface area contributed by atoms with Crippen molar-refractivity contribution in [3.63, 3.8) is 0 Å². The molecule has 0 aromatic carbocycles. The third-order valence-corrected chi connectivity index (χ3v) is 4.44. The monoisotopic (exact) mass is 270 g/mol. The maximum absolute atomic E-state index is 11.5. The van der Waals surface area contributed by atoms with Gasteiger partial charge in [0.05, 0.1) is 6.10 Å². The van der Waals surface area contributed by atoms with Crippen molar-refractivity contribution in [3.05, 3.63) is 0 Å². The van der Waals surface area contributed by atoms with Gasteiger partial charge in [0.25, 0.3) is 0 Å². The number of likely N-dealkylation sites (N-methyl/N-ethyl adjacent to an activating group) is 1. The molecule has 2 rings (SSSR count). The number of hydrogen-bond acceptors (Lipinski definition) is 4. The highest BCUT2D eigenvalue weighted by Crippen LogP contribution is 2.25. The van der Waals surface area contributed by atoms with E-state index in [1.54, 1.807) is 6.92 Å². The van der Waals surface area contributed by atoms with Gasteiger partial charge in [0.2, 0.25) is 0 Å². The van der Waals surface area contributed by atoms with Gasteiger partial charge >= 0.3 is 5.97 Å². The highest BCUT2D eigenvalue weighted by Gasteiger charge is 2.39. The summed E-state index contributed by atoms with van der Waals surface area (Å²) in [7, 11) is 2.06. The molecule has 5 nitrogen and oxygen atoms in total. The molecule has 0 spiro atoms. The van der Waals surface area contributed by atoms with Crippen LogP contribution in [0.25, 0.3) is 0 Å². The van der Waals surface area contributed by atoms with Crippen LogP contribution in [0.4, 0.5) is 0 Å². The minimum Gasteiger partial charge on any atom is -0.480 e. The lowest BCUT2D eigenvalue weighted by molar-refractivity contribution is -0.144. The molecule has 1 saturated heterocycles. The third-order valence-electron chi connectivity index (χ3n) is 4.44. The molecule has 3 unspecified atom stereocenters. The van der Waals surface area contributed by atoms with Gasteiger partial charge in [-0.05, 0) is 46.6 Å². The van der Waals surface area contributed by atoms with Crippen molar-refractivity contribution in [1.29, 1.82) is 0 Å². The first-order valence-electron chi connectivity index (χ1n) is 7.25. The summed E-state index contributed by atoms with van der Waals surface area (Å²) >= 11 is 0. The molecular weight excluding hydrogens is 244 g/mol. The maximum Gasteiger partial charge on any atom is 0.323 e. The van der Waals surface area contributed by atoms with E-state index in [0.717, 1.165) is 32.4 Å². The predicted molar refractivity (Wildman–Crippen MR) is 73.3 cm³/mol. The lowest BCUT2D eigenvalue weighted by Gasteiger charge is -2.32. The first kappa shape index (κ1) is 14.8. The molecule has 110 valence electrons. The second kappa shape index (κ2) is 5.77. The van der Waals surface area contributed by atoms with Gasteiger partial charge < -0.3 is 14.7 Å². The number of nitrogens with one attached hydrogen (secondary N) is 1. The Kier molecular flexibility index (Phi) is 4.48. The minimum atomic E-state index is -0.807. The van der Waals surface area contributed by atoms with Crippen molar-refractivity contribution < 1.29 is 14.6 Å². The molecule has 1 aliphatic heterocycles. The number of rotatable bonds is 7. The van der Waals surface area contributed by atoms with Crippen molar-refractivity contribution in [2.45, 2.75) is 63.3 Å². The van der Waals surface area contributed by atoms with E-state index in [1.807, 2.05) is 0 Å². The van der Waals surface area contributed by atoms with E-state index in [4.69, 9.17) is 4.74 Å². The molecule has 5 heteroatoms. The fraction of sp³-hybridized carbons (Fsp3) is 0.929. The van der Waals surface area contributed by atoms with E-state index in [-0.39, 0.29) is 6.10 Å². The standard InChI is InChI=1S/C14H26N2O3/c1-10-12(6-9-19-10)16(3)8-7-14(2,13(17)18)15-11-4-5-11/h10-12,15H,4-9H2,1-3H3,(H,17,18). The Bertz CT molecular complexity index is 333. The minimum absolute atomic E-state index is 0.248. The highest BCUT2D eigenvalue weighted by molar-refractivity contribution is 5.78. The SMILES string of the molecule is CC1OCCC1N(C)CCC(C)(NC1CC1)C(=O)O. The van der Waals surface area contributed by atoms with E-state index >= 15 is 0 Å². The molecule has 0 radical (unpaired) electrons. The van der Waals surface area contributed by atoms with Gasteiger partial charge in [0.15, 0.2) is 0 Å². The Morgan fingerprint density at radius 3 is 2.63 bits per heavy atom. The Morgan fingerprint density at radius 1 is 1.47 bits per heavy atom. The van der Waals surface area contributed by atoms with Crippen LogP contribution in [-0.2, 0) is 9.53 Å². The van der Waals surface area contributed by atoms with Crippen LogP contribution < -0.4 is 5.32 Å². The zero-order chi connectivity index (χ0) is 14.0. The van der Waals surface area contributed by atoms with Crippen molar-refractivity contribution in [3.8, 4) is 0 Å². The number of aliphatic carboxylic acids is 1. The van der Waals surface area contributed by atoms with Crippen LogP contribution in [0, 0.1) is 0 Å². The van der Waals surface area contributed by atoms with Crippen molar-refractivity contribution in [2.75, 3.05) is 20.2 Å². The second-order valence-electron chi connectivity index (χ2n) is 6.22. The summed E-state index contributed by atoms with van der Waals surface area (Å²) in [6.45, 7) is 5.48. The van der Waals surface area contributed by atoms with Crippen LogP contribution in [0.15, 0.2) is 0 Å². The first-order valence-corrected chi connectivity index (χ1v) is 7.25. The highest BCUT2D eigenvalue weighted by atomic mass is 16.5. The largest absolute Gasteiger partial charge is 0.480 e.